The highest BCUT2D eigenvalue weighted by Gasteiger charge is 2.36. The van der Waals surface area contributed by atoms with Crippen molar-refractivity contribution in [2.45, 2.75) is 53.1 Å². The molecule has 8 heteroatoms. The van der Waals surface area contributed by atoms with Gasteiger partial charge in [0.05, 0.1) is 0 Å². The Morgan fingerprint density at radius 3 is 2.00 bits per heavy atom. The molecule has 0 radical (unpaired) electrons. The van der Waals surface area contributed by atoms with Gasteiger partial charge in [-0.05, 0) is 17.8 Å². The zero-order valence-corrected chi connectivity index (χ0v) is 14.9. The van der Waals surface area contributed by atoms with Crippen molar-refractivity contribution >= 4 is 30.7 Å². The molecule has 0 rings (SSSR count). The zero-order valence-electron chi connectivity index (χ0n) is 14.0. The van der Waals surface area contributed by atoms with E-state index in [1.165, 1.54) is 7.05 Å². The van der Waals surface area contributed by atoms with E-state index >= 15 is 0 Å². The molecule has 3 amide bonds. The van der Waals surface area contributed by atoms with Crippen LogP contribution in [0.1, 0.15) is 41.0 Å². The van der Waals surface area contributed by atoms with Crippen LogP contribution in [0.4, 0.5) is 4.79 Å². The normalized spacial score (nSPS) is 14.2. The third-order valence-electron chi connectivity index (χ3n) is 3.15. The second-order valence-corrected chi connectivity index (χ2v) is 7.13. The quantitative estimate of drug-likeness (QED) is 0.554. The van der Waals surface area contributed by atoms with E-state index in [0.29, 0.717) is 10.7 Å². The first-order valence-electron chi connectivity index (χ1n) is 7.14. The molecule has 0 saturated heterocycles. The Hall–Kier alpha value is -1.44. The molecule has 0 aliphatic heterocycles. The summed E-state index contributed by atoms with van der Waals surface area (Å²) < 4.78 is 0.679. The Labute approximate surface area is 137 Å². The minimum absolute atomic E-state index is 0.0952. The molecule has 0 unspecified atom stereocenters. The number of carboxylic acid groups (broad SMARTS) is 1. The highest BCUT2D eigenvalue weighted by Crippen LogP contribution is 2.21. The monoisotopic (exact) mass is 333 g/mol. The molecule has 7 nitrogen and oxygen atoms in total. The van der Waals surface area contributed by atoms with Crippen LogP contribution in [0.15, 0.2) is 0 Å². The fourth-order valence-corrected chi connectivity index (χ4v) is 2.16. The van der Waals surface area contributed by atoms with Gasteiger partial charge >= 0.3 is 6.09 Å². The first-order valence-corrected chi connectivity index (χ1v) is 7.54. The largest absolute Gasteiger partial charge is 0.464 e. The smallest absolute Gasteiger partial charge is 0.417 e. The number of hydrogen-bond donors (Lipinski definition) is 4. The Morgan fingerprint density at radius 2 is 1.68 bits per heavy atom. The number of likely N-dealkylation sites (N-methyl/N-ethyl adjacent to an activating group) is 1. The van der Waals surface area contributed by atoms with E-state index in [1.807, 2.05) is 34.6 Å². The van der Waals surface area contributed by atoms with Gasteiger partial charge in [-0.1, -0.05) is 47.4 Å². The third-order valence-corrected chi connectivity index (χ3v) is 3.60. The summed E-state index contributed by atoms with van der Waals surface area (Å²) in [7, 11) is 1.49. The average molecular weight is 333 g/mol. The van der Waals surface area contributed by atoms with E-state index in [4.69, 9.17) is 5.11 Å². The highest BCUT2D eigenvalue weighted by atomic mass is 32.1. The molecule has 0 bridgehead atoms. The maximum atomic E-state index is 12.5. The second kappa shape index (κ2) is 8.26. The molecule has 128 valence electrons. The van der Waals surface area contributed by atoms with Gasteiger partial charge in [0.2, 0.25) is 11.8 Å². The Balaban J connectivity index is 5.29. The van der Waals surface area contributed by atoms with E-state index in [1.54, 1.807) is 0 Å². The summed E-state index contributed by atoms with van der Waals surface area (Å²) in [5, 5.41) is 14.2. The topological polar surface area (TPSA) is 98.7 Å². The zero-order chi connectivity index (χ0) is 17.7. The molecule has 0 spiro atoms. The standard InChI is InChI=1S/C14H27N3O4S/c1-8(2)7-9(17(22)13(20)21)11(18)16-10(12(19)15-6)14(3,4)5/h8-10,22H,7H2,1-6H3,(H,15,19)(H,16,18)(H,20,21)/t9-,10+/m0/s1. The second-order valence-electron chi connectivity index (χ2n) is 6.69. The third kappa shape index (κ3) is 6.13. The summed E-state index contributed by atoms with van der Waals surface area (Å²) in [6, 6.07) is -1.73. The predicted octanol–water partition coefficient (Wildman–Crippen LogP) is 1.50. The van der Waals surface area contributed by atoms with Crippen molar-refractivity contribution in [1.82, 2.24) is 14.9 Å². The maximum Gasteiger partial charge on any atom is 0.417 e. The molecular weight excluding hydrogens is 306 g/mol. The van der Waals surface area contributed by atoms with Crippen LogP contribution in [0.25, 0.3) is 0 Å². The number of hydrogen-bond acceptors (Lipinski definition) is 4. The lowest BCUT2D eigenvalue weighted by atomic mass is 9.85. The van der Waals surface area contributed by atoms with Gasteiger partial charge in [0.15, 0.2) is 0 Å². The van der Waals surface area contributed by atoms with Crippen molar-refractivity contribution in [2.24, 2.45) is 11.3 Å². The molecule has 0 aromatic rings. The van der Waals surface area contributed by atoms with E-state index in [-0.39, 0.29) is 11.8 Å². The molecule has 0 aromatic heterocycles. The Bertz CT molecular complexity index is 421. The van der Waals surface area contributed by atoms with Crippen LogP contribution in [0.3, 0.4) is 0 Å². The van der Waals surface area contributed by atoms with Gasteiger partial charge in [-0.3, -0.25) is 9.59 Å². The summed E-state index contributed by atoms with van der Waals surface area (Å²) in [6.45, 7) is 9.22. The van der Waals surface area contributed by atoms with Gasteiger partial charge in [-0.15, -0.1) is 0 Å². The predicted molar refractivity (Wildman–Crippen MR) is 87.5 cm³/mol. The summed E-state index contributed by atoms with van der Waals surface area (Å²) >= 11 is 3.88. The SMILES string of the molecule is CNC(=O)[C@@H](NC(=O)[C@H](CC(C)C)N(S)C(=O)O)C(C)(C)C. The lowest BCUT2D eigenvalue weighted by Gasteiger charge is -2.32. The van der Waals surface area contributed by atoms with Gasteiger partial charge < -0.3 is 15.7 Å². The molecule has 0 aliphatic rings. The van der Waals surface area contributed by atoms with Crippen molar-refractivity contribution in [2.75, 3.05) is 7.05 Å². The van der Waals surface area contributed by atoms with Gasteiger partial charge in [-0.2, -0.15) is 0 Å². The van der Waals surface area contributed by atoms with Crippen molar-refractivity contribution in [3.8, 4) is 0 Å². The van der Waals surface area contributed by atoms with Gasteiger partial charge in [0, 0.05) is 7.05 Å². The van der Waals surface area contributed by atoms with Gasteiger partial charge in [0.1, 0.15) is 12.1 Å². The lowest BCUT2D eigenvalue weighted by Crippen LogP contribution is -2.57. The minimum Gasteiger partial charge on any atom is -0.464 e. The van der Waals surface area contributed by atoms with E-state index in [9.17, 15) is 14.4 Å². The first kappa shape index (κ1) is 20.6. The number of amides is 3. The lowest BCUT2D eigenvalue weighted by molar-refractivity contribution is -0.133. The maximum absolute atomic E-state index is 12.5. The van der Waals surface area contributed by atoms with Crippen LogP contribution in [0.5, 0.6) is 0 Å². The van der Waals surface area contributed by atoms with E-state index in [2.05, 4.69) is 23.4 Å². The van der Waals surface area contributed by atoms with Crippen molar-refractivity contribution in [3.63, 3.8) is 0 Å². The Kier molecular flexibility index (Phi) is 7.72. The molecule has 0 saturated carbocycles. The number of carbonyl (C=O) groups is 3. The molecule has 22 heavy (non-hydrogen) atoms. The molecule has 3 N–H and O–H groups in total. The van der Waals surface area contributed by atoms with E-state index in [0.717, 1.165) is 0 Å². The number of rotatable bonds is 6. The molecule has 2 atom stereocenters. The molecule has 0 aliphatic carbocycles. The summed E-state index contributed by atoms with van der Waals surface area (Å²) in [5.74, 6) is -0.766. The van der Waals surface area contributed by atoms with Gasteiger partial charge in [0.25, 0.3) is 0 Å². The first-order chi connectivity index (χ1) is 9.91. The van der Waals surface area contributed by atoms with Crippen molar-refractivity contribution in [1.29, 1.82) is 0 Å². The molecular formula is C14H27N3O4S. The summed E-state index contributed by atoms with van der Waals surface area (Å²) in [6.07, 6.45) is -0.997. The molecule has 0 heterocycles. The fraction of sp³-hybridized carbons (Fsp3) is 0.786. The van der Waals surface area contributed by atoms with Crippen molar-refractivity contribution < 1.29 is 19.5 Å². The minimum atomic E-state index is -1.31. The molecule has 0 fully saturated rings. The van der Waals surface area contributed by atoms with Crippen molar-refractivity contribution in [3.05, 3.63) is 0 Å². The fourth-order valence-electron chi connectivity index (χ4n) is 1.96. The highest BCUT2D eigenvalue weighted by molar-refractivity contribution is 7.78. The van der Waals surface area contributed by atoms with Crippen LogP contribution in [0, 0.1) is 11.3 Å². The van der Waals surface area contributed by atoms with Crippen LogP contribution in [-0.2, 0) is 9.59 Å². The van der Waals surface area contributed by atoms with Gasteiger partial charge in [-0.25, -0.2) is 9.10 Å². The van der Waals surface area contributed by atoms with Crippen LogP contribution in [0.2, 0.25) is 0 Å². The number of nitrogens with one attached hydrogen (secondary N) is 2. The summed E-state index contributed by atoms with van der Waals surface area (Å²) in [4.78, 5) is 35.5. The summed E-state index contributed by atoms with van der Waals surface area (Å²) in [5.41, 5.74) is -0.511. The van der Waals surface area contributed by atoms with Crippen LogP contribution < -0.4 is 10.6 Å². The number of thiol groups is 1. The Morgan fingerprint density at radius 1 is 1.18 bits per heavy atom. The van der Waals surface area contributed by atoms with Crippen LogP contribution in [-0.4, -0.2) is 46.5 Å². The van der Waals surface area contributed by atoms with E-state index < -0.39 is 29.5 Å². The average Bonchev–Trinajstić information content (AvgIpc) is 2.38. The molecule has 0 aromatic carbocycles. The number of carbonyl (C=O) groups excluding carboxylic acids is 2. The number of nitrogens with zero attached hydrogens (tertiary/aromatic N) is 1. The van der Waals surface area contributed by atoms with Crippen LogP contribution >= 0.6 is 12.8 Å².